The van der Waals surface area contributed by atoms with Crippen molar-refractivity contribution in [3.8, 4) is 5.69 Å². The predicted molar refractivity (Wildman–Crippen MR) is 80.3 cm³/mol. The van der Waals surface area contributed by atoms with Crippen LogP contribution in [-0.2, 0) is 9.59 Å². The molecular weight excluding hydrogens is 282 g/mol. The number of carbonyl (C=O) groups is 2. The number of aromatic nitrogens is 3. The highest BCUT2D eigenvalue weighted by atomic mass is 16.2. The van der Waals surface area contributed by atoms with E-state index in [1.165, 1.54) is 15.8 Å². The number of benzene rings is 1. The third-order valence-corrected chi connectivity index (χ3v) is 3.54. The Hall–Kier alpha value is -2.96. The topological polar surface area (TPSA) is 80.1 Å². The summed E-state index contributed by atoms with van der Waals surface area (Å²) in [6.07, 6.45) is 5.05. The zero-order valence-corrected chi connectivity index (χ0v) is 11.8. The molecular formula is C15H15N5O2. The third kappa shape index (κ3) is 2.60. The lowest BCUT2D eigenvalue weighted by Crippen LogP contribution is -2.56. The van der Waals surface area contributed by atoms with Crippen molar-refractivity contribution in [3.63, 3.8) is 0 Å². The van der Waals surface area contributed by atoms with Crippen molar-refractivity contribution in [2.24, 2.45) is 0 Å². The Balaban J connectivity index is 1.71. The minimum atomic E-state index is -0.433. The highest BCUT2D eigenvalue weighted by Crippen LogP contribution is 2.20. The molecule has 7 nitrogen and oxygen atoms in total. The molecule has 7 heteroatoms. The van der Waals surface area contributed by atoms with Gasteiger partial charge in [-0.1, -0.05) is 12.6 Å². The third-order valence-electron chi connectivity index (χ3n) is 3.54. The molecule has 1 aromatic carbocycles. The van der Waals surface area contributed by atoms with Gasteiger partial charge in [-0.2, -0.15) is 15.0 Å². The van der Waals surface area contributed by atoms with E-state index in [9.17, 15) is 9.59 Å². The second kappa shape index (κ2) is 5.80. The Morgan fingerprint density at radius 3 is 2.73 bits per heavy atom. The molecule has 2 heterocycles. The van der Waals surface area contributed by atoms with Crippen molar-refractivity contribution < 1.29 is 9.59 Å². The molecule has 1 atom stereocenters. The Bertz CT molecular complexity index is 710. The highest BCUT2D eigenvalue weighted by Gasteiger charge is 2.36. The summed E-state index contributed by atoms with van der Waals surface area (Å²) in [5, 5.41) is 10.9. The van der Waals surface area contributed by atoms with E-state index in [1.807, 2.05) is 12.1 Å². The number of nitrogens with zero attached hydrogens (tertiary/aromatic N) is 4. The lowest BCUT2D eigenvalue weighted by atomic mass is 10.0. The lowest BCUT2D eigenvalue weighted by Gasteiger charge is -2.38. The maximum Gasteiger partial charge on any atom is 0.247 e. The van der Waals surface area contributed by atoms with Gasteiger partial charge in [0.1, 0.15) is 6.04 Å². The van der Waals surface area contributed by atoms with Crippen LogP contribution in [0.15, 0.2) is 49.3 Å². The fourth-order valence-electron chi connectivity index (χ4n) is 2.32. The fraction of sp³-hybridized carbons (Fsp3) is 0.200. The van der Waals surface area contributed by atoms with Crippen LogP contribution in [-0.4, -0.2) is 44.3 Å². The molecule has 0 spiro atoms. The highest BCUT2D eigenvalue weighted by molar-refractivity contribution is 6.00. The standard InChI is InChI=1S/C15H15N5O2/c1-2-14(21)19-9-6-13(19)15(22)18-11-4-3-5-12(10-11)20-16-7-8-17-20/h2-5,7-8,10,13H,1,6,9H2,(H,18,22)/t13-/m1/s1. The Labute approximate surface area is 127 Å². The summed E-state index contributed by atoms with van der Waals surface area (Å²) in [5.41, 5.74) is 1.38. The monoisotopic (exact) mass is 297 g/mol. The van der Waals surface area contributed by atoms with Crippen LogP contribution in [0.2, 0.25) is 0 Å². The first kappa shape index (κ1) is 14.0. The van der Waals surface area contributed by atoms with Crippen LogP contribution in [0.25, 0.3) is 5.69 Å². The number of hydrogen-bond acceptors (Lipinski definition) is 4. The molecule has 0 saturated carbocycles. The van der Waals surface area contributed by atoms with E-state index in [2.05, 4.69) is 22.1 Å². The number of rotatable bonds is 4. The summed E-state index contributed by atoms with van der Waals surface area (Å²) in [7, 11) is 0. The second-order valence-electron chi connectivity index (χ2n) is 4.90. The number of anilines is 1. The minimum absolute atomic E-state index is 0.202. The average Bonchev–Trinajstić information content (AvgIpc) is 3.00. The molecule has 0 unspecified atom stereocenters. The van der Waals surface area contributed by atoms with Gasteiger partial charge in [0.25, 0.3) is 0 Å². The maximum atomic E-state index is 12.2. The van der Waals surface area contributed by atoms with E-state index in [0.717, 1.165) is 5.69 Å². The molecule has 1 N–H and O–H groups in total. The first-order valence-electron chi connectivity index (χ1n) is 6.89. The van der Waals surface area contributed by atoms with Crippen LogP contribution in [0.4, 0.5) is 5.69 Å². The van der Waals surface area contributed by atoms with Crippen molar-refractivity contribution >= 4 is 17.5 Å². The van der Waals surface area contributed by atoms with Crippen LogP contribution in [0.1, 0.15) is 6.42 Å². The Morgan fingerprint density at radius 1 is 1.32 bits per heavy atom. The molecule has 2 amide bonds. The predicted octanol–water partition coefficient (Wildman–Crippen LogP) is 0.993. The Morgan fingerprint density at radius 2 is 2.09 bits per heavy atom. The van der Waals surface area contributed by atoms with Crippen molar-refractivity contribution in [2.75, 3.05) is 11.9 Å². The van der Waals surface area contributed by atoms with Crippen LogP contribution < -0.4 is 5.32 Å². The first-order chi connectivity index (χ1) is 10.7. The molecule has 1 fully saturated rings. The lowest BCUT2D eigenvalue weighted by molar-refractivity contribution is -0.141. The molecule has 1 saturated heterocycles. The van der Waals surface area contributed by atoms with Gasteiger partial charge < -0.3 is 10.2 Å². The number of amides is 2. The van der Waals surface area contributed by atoms with Crippen molar-refractivity contribution in [1.82, 2.24) is 19.9 Å². The summed E-state index contributed by atoms with van der Waals surface area (Å²) >= 11 is 0. The molecule has 3 rings (SSSR count). The van der Waals surface area contributed by atoms with Gasteiger partial charge >= 0.3 is 0 Å². The van der Waals surface area contributed by atoms with Crippen molar-refractivity contribution in [2.45, 2.75) is 12.5 Å². The largest absolute Gasteiger partial charge is 0.327 e. The molecule has 0 bridgehead atoms. The molecule has 1 aromatic heterocycles. The molecule has 0 aliphatic carbocycles. The molecule has 22 heavy (non-hydrogen) atoms. The second-order valence-corrected chi connectivity index (χ2v) is 4.90. The quantitative estimate of drug-likeness (QED) is 0.854. The van der Waals surface area contributed by atoms with Gasteiger partial charge in [-0.05, 0) is 30.7 Å². The van der Waals surface area contributed by atoms with Crippen LogP contribution in [0, 0.1) is 0 Å². The number of likely N-dealkylation sites (tertiary alicyclic amines) is 1. The van der Waals surface area contributed by atoms with E-state index in [-0.39, 0.29) is 11.8 Å². The molecule has 1 aliphatic heterocycles. The minimum Gasteiger partial charge on any atom is -0.327 e. The fourth-order valence-corrected chi connectivity index (χ4v) is 2.32. The van der Waals surface area contributed by atoms with E-state index in [1.54, 1.807) is 24.5 Å². The van der Waals surface area contributed by atoms with Crippen molar-refractivity contribution in [3.05, 3.63) is 49.3 Å². The van der Waals surface area contributed by atoms with Gasteiger partial charge in [-0.25, -0.2) is 0 Å². The van der Waals surface area contributed by atoms with E-state index >= 15 is 0 Å². The molecule has 112 valence electrons. The summed E-state index contributed by atoms with van der Waals surface area (Å²) in [6.45, 7) is 4.03. The van der Waals surface area contributed by atoms with Gasteiger partial charge in [0, 0.05) is 12.2 Å². The van der Waals surface area contributed by atoms with Gasteiger partial charge in [0.2, 0.25) is 11.8 Å². The van der Waals surface area contributed by atoms with E-state index in [4.69, 9.17) is 0 Å². The molecule has 2 aromatic rings. The maximum absolute atomic E-state index is 12.2. The smallest absolute Gasteiger partial charge is 0.247 e. The van der Waals surface area contributed by atoms with Crippen LogP contribution >= 0.6 is 0 Å². The Kier molecular flexibility index (Phi) is 3.69. The summed E-state index contributed by atoms with van der Waals surface area (Å²) in [5.74, 6) is -0.423. The summed E-state index contributed by atoms with van der Waals surface area (Å²) < 4.78 is 0. The van der Waals surface area contributed by atoms with Crippen molar-refractivity contribution in [1.29, 1.82) is 0 Å². The zero-order chi connectivity index (χ0) is 15.5. The number of hydrogen-bond donors (Lipinski definition) is 1. The average molecular weight is 297 g/mol. The van der Waals surface area contributed by atoms with Gasteiger partial charge in [-0.15, -0.1) is 0 Å². The normalized spacial score (nSPS) is 16.7. The van der Waals surface area contributed by atoms with Crippen LogP contribution in [0.5, 0.6) is 0 Å². The SMILES string of the molecule is C=CC(=O)N1CC[C@@H]1C(=O)Nc1cccc(-n2nccn2)c1. The number of nitrogens with one attached hydrogen (secondary N) is 1. The molecule has 1 aliphatic rings. The number of carbonyl (C=O) groups excluding carboxylic acids is 2. The van der Waals surface area contributed by atoms with E-state index in [0.29, 0.717) is 18.7 Å². The summed E-state index contributed by atoms with van der Waals surface area (Å²) in [6, 6.07) is 6.77. The van der Waals surface area contributed by atoms with E-state index < -0.39 is 6.04 Å². The van der Waals surface area contributed by atoms with Crippen LogP contribution in [0.3, 0.4) is 0 Å². The first-order valence-corrected chi connectivity index (χ1v) is 6.89. The zero-order valence-electron chi connectivity index (χ0n) is 11.8. The van der Waals surface area contributed by atoms with Gasteiger partial charge in [-0.3, -0.25) is 9.59 Å². The summed E-state index contributed by atoms with van der Waals surface area (Å²) in [4.78, 5) is 26.8. The van der Waals surface area contributed by atoms with Gasteiger partial charge in [0.05, 0.1) is 18.1 Å². The molecule has 0 radical (unpaired) electrons. The van der Waals surface area contributed by atoms with Gasteiger partial charge in [0.15, 0.2) is 0 Å².